The largest absolute Gasteiger partial charge is 0.313 e. The second kappa shape index (κ2) is 6.49. The number of hydrogen-bond donors (Lipinski definition) is 1. The summed E-state index contributed by atoms with van der Waals surface area (Å²) in [6, 6.07) is 6.57. The highest BCUT2D eigenvalue weighted by Crippen LogP contribution is 2.28. The number of thioether (sulfide) groups is 1. The van der Waals surface area contributed by atoms with Gasteiger partial charge in [0.15, 0.2) is 0 Å². The van der Waals surface area contributed by atoms with E-state index in [1.165, 1.54) is 14.9 Å². The topological polar surface area (TPSA) is 12.0 Å². The highest BCUT2D eigenvalue weighted by Gasteiger charge is 2.00. The maximum atomic E-state index is 3.59. The Bertz CT molecular complexity index is 289. The molecule has 0 aliphatic carbocycles. The summed E-state index contributed by atoms with van der Waals surface area (Å²) in [5, 5.41) is 3.32. The zero-order chi connectivity index (χ0) is 10.4. The molecule has 0 amide bonds. The van der Waals surface area contributed by atoms with E-state index < -0.39 is 0 Å². The fraction of sp³-hybridized carbons (Fsp3) is 0.455. The molecule has 3 heteroatoms. The average Bonchev–Trinajstić information content (AvgIpc) is 2.19. The number of rotatable bonds is 5. The van der Waals surface area contributed by atoms with Gasteiger partial charge in [0.05, 0.1) is 0 Å². The van der Waals surface area contributed by atoms with Gasteiger partial charge < -0.3 is 5.32 Å². The minimum atomic E-state index is 0.951. The molecular weight excluding hydrogens is 258 g/mol. The Kier molecular flexibility index (Phi) is 5.60. The van der Waals surface area contributed by atoms with Crippen LogP contribution in [0.2, 0.25) is 0 Å². The Hall–Kier alpha value is 0.01000. The van der Waals surface area contributed by atoms with Crippen molar-refractivity contribution in [3.05, 3.63) is 28.2 Å². The van der Waals surface area contributed by atoms with Gasteiger partial charge in [-0.15, -0.1) is 11.8 Å². The van der Waals surface area contributed by atoms with E-state index in [0.717, 1.165) is 18.8 Å². The van der Waals surface area contributed by atoms with Crippen LogP contribution < -0.4 is 5.32 Å². The summed E-state index contributed by atoms with van der Waals surface area (Å²) in [5.41, 5.74) is 1.33. The lowest BCUT2D eigenvalue weighted by Gasteiger charge is -2.06. The summed E-state index contributed by atoms with van der Waals surface area (Å²) in [7, 11) is 0. The van der Waals surface area contributed by atoms with Crippen LogP contribution >= 0.6 is 27.7 Å². The van der Waals surface area contributed by atoms with Crippen molar-refractivity contribution in [3.8, 4) is 0 Å². The smallest absolute Gasteiger partial charge is 0.0314 e. The SMILES string of the molecule is CCNCc1ccc(SCC)c(Br)c1. The third-order valence-electron chi connectivity index (χ3n) is 1.88. The standard InChI is InChI=1S/C11H16BrNS/c1-3-13-8-9-5-6-11(14-4-2)10(12)7-9/h5-7,13H,3-4,8H2,1-2H3. The van der Waals surface area contributed by atoms with Gasteiger partial charge in [-0.1, -0.05) is 19.9 Å². The first-order valence-electron chi connectivity index (χ1n) is 4.89. The van der Waals surface area contributed by atoms with Gasteiger partial charge in [-0.05, 0) is 45.9 Å². The van der Waals surface area contributed by atoms with Crippen molar-refractivity contribution in [3.63, 3.8) is 0 Å². The van der Waals surface area contributed by atoms with Gasteiger partial charge >= 0.3 is 0 Å². The molecule has 0 bridgehead atoms. The first kappa shape index (κ1) is 12.1. The zero-order valence-corrected chi connectivity index (χ0v) is 11.0. The van der Waals surface area contributed by atoms with E-state index in [4.69, 9.17) is 0 Å². The molecule has 0 saturated carbocycles. The Balaban J connectivity index is 2.68. The lowest BCUT2D eigenvalue weighted by atomic mass is 10.2. The van der Waals surface area contributed by atoms with E-state index in [0.29, 0.717) is 0 Å². The molecule has 1 aromatic rings. The van der Waals surface area contributed by atoms with Crippen molar-refractivity contribution in [2.45, 2.75) is 25.3 Å². The predicted octanol–water partition coefficient (Wildman–Crippen LogP) is 3.67. The van der Waals surface area contributed by atoms with Crippen LogP contribution in [-0.4, -0.2) is 12.3 Å². The van der Waals surface area contributed by atoms with Gasteiger partial charge in [0.1, 0.15) is 0 Å². The van der Waals surface area contributed by atoms with Crippen LogP contribution in [0.1, 0.15) is 19.4 Å². The van der Waals surface area contributed by atoms with Crippen LogP contribution in [0, 0.1) is 0 Å². The summed E-state index contributed by atoms with van der Waals surface area (Å²) < 4.78 is 1.21. The molecule has 0 unspecified atom stereocenters. The maximum absolute atomic E-state index is 3.59. The van der Waals surface area contributed by atoms with Crippen molar-refractivity contribution >= 4 is 27.7 Å². The fourth-order valence-corrected chi connectivity index (χ4v) is 2.64. The van der Waals surface area contributed by atoms with Gasteiger partial charge in [0, 0.05) is 15.9 Å². The van der Waals surface area contributed by atoms with Crippen LogP contribution in [0.4, 0.5) is 0 Å². The second-order valence-electron chi connectivity index (χ2n) is 2.98. The van der Waals surface area contributed by atoms with Gasteiger partial charge in [-0.2, -0.15) is 0 Å². The van der Waals surface area contributed by atoms with Crippen LogP contribution in [0.3, 0.4) is 0 Å². The number of hydrogen-bond acceptors (Lipinski definition) is 2. The third-order valence-corrected chi connectivity index (χ3v) is 3.75. The summed E-state index contributed by atoms with van der Waals surface area (Å²) in [4.78, 5) is 1.33. The molecule has 0 heterocycles. The molecule has 78 valence electrons. The number of nitrogens with one attached hydrogen (secondary N) is 1. The molecule has 0 spiro atoms. The molecule has 0 atom stereocenters. The highest BCUT2D eigenvalue weighted by molar-refractivity contribution is 9.10. The van der Waals surface area contributed by atoms with E-state index >= 15 is 0 Å². The van der Waals surface area contributed by atoms with Crippen LogP contribution in [-0.2, 0) is 6.54 Å². The Morgan fingerprint density at radius 2 is 2.14 bits per heavy atom. The van der Waals surface area contributed by atoms with Crippen LogP contribution in [0.5, 0.6) is 0 Å². The first-order chi connectivity index (χ1) is 6.77. The molecule has 0 radical (unpaired) electrons. The summed E-state index contributed by atoms with van der Waals surface area (Å²) in [6.07, 6.45) is 0. The normalized spacial score (nSPS) is 10.5. The fourth-order valence-electron chi connectivity index (χ4n) is 1.20. The van der Waals surface area contributed by atoms with Crippen molar-refractivity contribution in [1.82, 2.24) is 5.32 Å². The molecule has 1 rings (SSSR count). The van der Waals surface area contributed by atoms with Gasteiger partial charge in [-0.3, -0.25) is 0 Å². The van der Waals surface area contributed by atoms with E-state index in [2.05, 4.69) is 53.3 Å². The molecule has 0 fully saturated rings. The van der Waals surface area contributed by atoms with Crippen molar-refractivity contribution in [2.24, 2.45) is 0 Å². The first-order valence-corrected chi connectivity index (χ1v) is 6.67. The van der Waals surface area contributed by atoms with E-state index in [-0.39, 0.29) is 0 Å². The Morgan fingerprint density at radius 3 is 2.71 bits per heavy atom. The van der Waals surface area contributed by atoms with E-state index in [1.807, 2.05) is 11.8 Å². The minimum Gasteiger partial charge on any atom is -0.313 e. The summed E-state index contributed by atoms with van der Waals surface area (Å²) >= 11 is 5.46. The number of halogens is 1. The van der Waals surface area contributed by atoms with Gasteiger partial charge in [-0.25, -0.2) is 0 Å². The lowest BCUT2D eigenvalue weighted by molar-refractivity contribution is 0.726. The van der Waals surface area contributed by atoms with Crippen LogP contribution in [0.25, 0.3) is 0 Å². The Labute approximate surface area is 98.8 Å². The van der Waals surface area contributed by atoms with Crippen molar-refractivity contribution in [1.29, 1.82) is 0 Å². The molecule has 0 aliphatic rings. The monoisotopic (exact) mass is 273 g/mol. The Morgan fingerprint density at radius 1 is 1.36 bits per heavy atom. The summed E-state index contributed by atoms with van der Waals surface area (Å²) in [6.45, 7) is 6.26. The zero-order valence-electron chi connectivity index (χ0n) is 8.64. The third kappa shape index (κ3) is 3.64. The molecule has 0 aliphatic heterocycles. The average molecular weight is 274 g/mol. The lowest BCUT2D eigenvalue weighted by Crippen LogP contribution is -2.11. The highest BCUT2D eigenvalue weighted by atomic mass is 79.9. The van der Waals surface area contributed by atoms with Gasteiger partial charge in [0.2, 0.25) is 0 Å². The predicted molar refractivity (Wildman–Crippen MR) is 67.9 cm³/mol. The van der Waals surface area contributed by atoms with Crippen molar-refractivity contribution in [2.75, 3.05) is 12.3 Å². The number of benzene rings is 1. The molecule has 14 heavy (non-hydrogen) atoms. The molecular formula is C11H16BrNS. The maximum Gasteiger partial charge on any atom is 0.0314 e. The van der Waals surface area contributed by atoms with Crippen molar-refractivity contribution < 1.29 is 0 Å². The second-order valence-corrected chi connectivity index (χ2v) is 5.14. The molecule has 0 saturated heterocycles. The summed E-state index contributed by atoms with van der Waals surface area (Å²) in [5.74, 6) is 1.12. The van der Waals surface area contributed by atoms with Crippen LogP contribution in [0.15, 0.2) is 27.6 Å². The van der Waals surface area contributed by atoms with E-state index in [9.17, 15) is 0 Å². The van der Waals surface area contributed by atoms with Gasteiger partial charge in [0.25, 0.3) is 0 Å². The van der Waals surface area contributed by atoms with E-state index in [1.54, 1.807) is 0 Å². The molecule has 1 N–H and O–H groups in total. The minimum absolute atomic E-state index is 0.951. The quantitative estimate of drug-likeness (QED) is 0.822. The molecule has 1 nitrogen and oxygen atoms in total. The molecule has 1 aromatic carbocycles. The molecule has 0 aromatic heterocycles.